The summed E-state index contributed by atoms with van der Waals surface area (Å²) in [7, 11) is 3.12. The summed E-state index contributed by atoms with van der Waals surface area (Å²) >= 11 is 7.30. The van der Waals surface area contributed by atoms with Crippen LogP contribution in [0, 0.1) is 17.8 Å². The highest BCUT2D eigenvalue weighted by atomic mass is 79.9. The zero-order valence-electron chi connectivity index (χ0n) is 31.2. The van der Waals surface area contributed by atoms with E-state index < -0.39 is 75.1 Å². The molecule has 4 N–H and O–H groups in total. The second-order valence-corrected chi connectivity index (χ2v) is 19.0. The van der Waals surface area contributed by atoms with Gasteiger partial charge in [-0.25, -0.2) is 4.79 Å². The number of rotatable bonds is 14. The summed E-state index contributed by atoms with van der Waals surface area (Å²) < 4.78 is 4.90. The molecule has 3 aliphatic rings. The lowest BCUT2D eigenvalue weighted by Crippen LogP contribution is -2.60. The van der Waals surface area contributed by atoms with E-state index in [-0.39, 0.29) is 36.6 Å². The van der Waals surface area contributed by atoms with Crippen LogP contribution < -0.4 is 21.3 Å². The van der Waals surface area contributed by atoms with Gasteiger partial charge in [-0.2, -0.15) is 0 Å². The number of ether oxygens (including phenoxy) is 1. The van der Waals surface area contributed by atoms with Crippen molar-refractivity contribution in [1.29, 1.82) is 0 Å². The van der Waals surface area contributed by atoms with Gasteiger partial charge in [0, 0.05) is 32.5 Å². The number of benzene rings is 1. The fourth-order valence-corrected chi connectivity index (χ4v) is 8.95. The Hall–Kier alpha value is -3.53. The monoisotopic (exact) mass is 866 g/mol. The van der Waals surface area contributed by atoms with Gasteiger partial charge < -0.3 is 35.8 Å². The molecule has 0 bridgehead atoms. The molecular formula is C37H52Br2N6O8. The number of hydrogen-bond donors (Lipinski definition) is 4. The van der Waals surface area contributed by atoms with Gasteiger partial charge in [-0.3, -0.25) is 28.8 Å². The smallest absolute Gasteiger partial charge is 0.408 e. The highest BCUT2D eigenvalue weighted by Gasteiger charge is 2.73. The fraction of sp³-hybridized carbons (Fsp3) is 0.649. The highest BCUT2D eigenvalue weighted by molar-refractivity contribution is 9.25. The molecule has 2 aliphatic carbocycles. The number of ketones is 1. The molecule has 4 unspecified atom stereocenters. The number of likely N-dealkylation sites (tertiary alicyclic amines) is 1. The third-order valence-corrected chi connectivity index (χ3v) is 12.1. The number of halogens is 2. The molecule has 3 fully saturated rings. The van der Waals surface area contributed by atoms with Crippen LogP contribution in [0.3, 0.4) is 0 Å². The van der Waals surface area contributed by atoms with Gasteiger partial charge in [0.1, 0.15) is 23.7 Å². The maximum atomic E-state index is 14.3. The molecule has 53 heavy (non-hydrogen) atoms. The van der Waals surface area contributed by atoms with Crippen molar-refractivity contribution in [3.63, 3.8) is 0 Å². The van der Waals surface area contributed by atoms with Crippen molar-refractivity contribution < 1.29 is 38.3 Å². The van der Waals surface area contributed by atoms with E-state index >= 15 is 0 Å². The van der Waals surface area contributed by atoms with Crippen molar-refractivity contribution in [2.45, 2.75) is 106 Å². The lowest BCUT2D eigenvalue weighted by atomic mass is 9.83. The van der Waals surface area contributed by atoms with Gasteiger partial charge in [0.05, 0.1) is 15.8 Å². The number of alkyl carbamates (subject to hydrolysis) is 1. The molecular weight excluding hydrogens is 816 g/mol. The zero-order chi connectivity index (χ0) is 39.2. The zero-order valence-corrected chi connectivity index (χ0v) is 34.4. The van der Waals surface area contributed by atoms with Crippen LogP contribution in [-0.4, -0.2) is 105 Å². The average Bonchev–Trinajstić information content (AvgIpc) is 3.41. The number of likely N-dealkylation sites (N-methyl/N-ethyl adjacent to an activating group) is 1. The summed E-state index contributed by atoms with van der Waals surface area (Å²) in [6.07, 6.45) is 4.21. The van der Waals surface area contributed by atoms with Gasteiger partial charge in [0.15, 0.2) is 0 Å². The van der Waals surface area contributed by atoms with E-state index in [4.69, 9.17) is 4.74 Å². The Labute approximate surface area is 327 Å². The van der Waals surface area contributed by atoms with Crippen molar-refractivity contribution in [3.8, 4) is 0 Å². The summed E-state index contributed by atoms with van der Waals surface area (Å²) in [5.41, 5.74) is -0.230. The number of hydrogen-bond acceptors (Lipinski definition) is 8. The molecule has 0 aromatic heterocycles. The first-order valence-electron chi connectivity index (χ1n) is 18.2. The molecule has 1 aromatic carbocycles. The number of nitrogens with one attached hydrogen (secondary N) is 4. The number of fused-ring (bicyclic) bond motifs is 1. The van der Waals surface area contributed by atoms with E-state index in [0.717, 1.165) is 32.1 Å². The minimum Gasteiger partial charge on any atom is -0.444 e. The quantitative estimate of drug-likeness (QED) is 0.162. The lowest BCUT2D eigenvalue weighted by molar-refractivity contribution is -0.144. The average molecular weight is 869 g/mol. The van der Waals surface area contributed by atoms with Crippen LogP contribution in [0.2, 0.25) is 0 Å². The van der Waals surface area contributed by atoms with Gasteiger partial charge in [-0.15, -0.1) is 0 Å². The Kier molecular flexibility index (Phi) is 14.1. The van der Waals surface area contributed by atoms with Crippen molar-refractivity contribution in [2.24, 2.45) is 17.8 Å². The molecule has 16 heteroatoms. The molecule has 2 saturated carbocycles. The van der Waals surface area contributed by atoms with Gasteiger partial charge in [-0.1, -0.05) is 94.8 Å². The maximum absolute atomic E-state index is 14.3. The minimum absolute atomic E-state index is 0.114. The fourth-order valence-electron chi connectivity index (χ4n) is 7.22. The Morgan fingerprint density at radius 3 is 2.19 bits per heavy atom. The number of Topliss-reactive ketones (excluding diaryl/α,β-unsaturated/α-hetero) is 1. The number of piperidine rings is 1. The van der Waals surface area contributed by atoms with Gasteiger partial charge in [0.2, 0.25) is 29.4 Å². The first-order chi connectivity index (χ1) is 24.9. The summed E-state index contributed by atoms with van der Waals surface area (Å²) in [5.74, 6) is -4.68. The van der Waals surface area contributed by atoms with Gasteiger partial charge in [0.25, 0.3) is 5.91 Å². The van der Waals surface area contributed by atoms with E-state index in [1.807, 2.05) is 0 Å². The van der Waals surface area contributed by atoms with Gasteiger partial charge in [-0.05, 0) is 51.5 Å². The predicted molar refractivity (Wildman–Crippen MR) is 204 cm³/mol. The Balaban J connectivity index is 1.45. The number of nitrogens with zero attached hydrogens (tertiary/aromatic N) is 2. The molecule has 1 aromatic rings. The van der Waals surface area contributed by atoms with Crippen molar-refractivity contribution in [1.82, 2.24) is 31.1 Å². The van der Waals surface area contributed by atoms with E-state index in [9.17, 15) is 33.6 Å². The van der Waals surface area contributed by atoms with E-state index in [0.29, 0.717) is 12.0 Å². The number of amides is 6. The first-order valence-corrected chi connectivity index (χ1v) is 19.8. The van der Waals surface area contributed by atoms with Crippen molar-refractivity contribution >= 4 is 73.3 Å². The normalized spacial score (nSPS) is 22.3. The molecule has 0 spiro atoms. The Bertz CT molecular complexity index is 1540. The van der Waals surface area contributed by atoms with Crippen molar-refractivity contribution in [2.75, 3.05) is 27.2 Å². The number of carbonyl (C=O) groups is 7. The van der Waals surface area contributed by atoms with Crippen LogP contribution in [-0.2, 0) is 33.5 Å². The Morgan fingerprint density at radius 2 is 1.60 bits per heavy atom. The summed E-state index contributed by atoms with van der Waals surface area (Å²) in [5, 5.41) is 10.5. The van der Waals surface area contributed by atoms with Crippen LogP contribution in [0.5, 0.6) is 0 Å². The molecule has 6 amide bonds. The molecule has 4 rings (SSSR count). The third-order valence-electron chi connectivity index (χ3n) is 9.91. The summed E-state index contributed by atoms with van der Waals surface area (Å²) in [6.45, 7) is 6.66. The predicted octanol–water partition coefficient (Wildman–Crippen LogP) is 3.32. The molecule has 6 atom stereocenters. The maximum Gasteiger partial charge on any atom is 0.408 e. The minimum atomic E-state index is -1.23. The molecule has 292 valence electrons. The van der Waals surface area contributed by atoms with E-state index in [1.54, 1.807) is 72.1 Å². The van der Waals surface area contributed by atoms with Crippen LogP contribution in [0.25, 0.3) is 0 Å². The third kappa shape index (κ3) is 10.6. The molecule has 14 nitrogen and oxygen atoms in total. The lowest BCUT2D eigenvalue weighted by Gasteiger charge is -2.37. The second-order valence-electron chi connectivity index (χ2n) is 15.3. The number of alkyl halides is 2. The molecule has 1 heterocycles. The van der Waals surface area contributed by atoms with E-state index in [2.05, 4.69) is 53.1 Å². The standard InChI is InChI=1S/C37H52Br2N6O8/c1-7-14-24(30(47)32(49)40-19-25(46)42-27(33(50)44(5)6)21-15-10-8-11-16-21)41-31(48)29-26-23(37(26,38)39)20-45(29)34(51)28(22-17-12-9-13-18-22)43-35(52)53-36(2,3)4/h8,10-11,15-16,22-24,26-29H,7,9,12-14,17-20H2,1-6H3,(H,40,49)(H,41,48)(H,42,46)(H,43,52)/t23?,24?,26?,27-,28-,29?/m0/s1. The van der Waals surface area contributed by atoms with E-state index in [1.165, 1.54) is 9.80 Å². The SMILES string of the molecule is CCCC(NC(=O)C1C2C(CN1C(=O)[C@@H](NC(=O)OC(C)(C)C)C1CCCCC1)C2(Br)Br)C(=O)C(=O)NCC(=O)N[C@H](C(=O)N(C)C)c1ccccc1. The summed E-state index contributed by atoms with van der Waals surface area (Å²) in [4.78, 5) is 96.4. The molecule has 1 saturated heterocycles. The van der Waals surface area contributed by atoms with Crippen LogP contribution in [0.4, 0.5) is 4.79 Å². The molecule has 1 aliphatic heterocycles. The topological polar surface area (TPSA) is 183 Å². The van der Waals surface area contributed by atoms with Crippen LogP contribution >= 0.6 is 31.9 Å². The van der Waals surface area contributed by atoms with Gasteiger partial charge >= 0.3 is 6.09 Å². The van der Waals surface area contributed by atoms with Crippen molar-refractivity contribution in [3.05, 3.63) is 35.9 Å². The first kappa shape index (κ1) is 42.2. The largest absolute Gasteiger partial charge is 0.444 e. The second kappa shape index (κ2) is 17.7. The highest BCUT2D eigenvalue weighted by Crippen LogP contribution is 2.67. The van der Waals surface area contributed by atoms with Crippen LogP contribution in [0.15, 0.2) is 30.3 Å². The Morgan fingerprint density at radius 1 is 0.962 bits per heavy atom. The summed E-state index contributed by atoms with van der Waals surface area (Å²) in [6, 6.07) is 4.49. The number of carbonyl (C=O) groups excluding carboxylic acids is 7. The van der Waals surface area contributed by atoms with Crippen LogP contribution in [0.1, 0.15) is 84.2 Å². The molecule has 0 radical (unpaired) electrons.